The molecule has 0 N–H and O–H groups in total. The minimum atomic E-state index is -4.41. The number of nitrogens with zero attached hydrogens (tertiary/aromatic N) is 8. The summed E-state index contributed by atoms with van der Waals surface area (Å²) in [6.07, 6.45) is 0.647. The van der Waals surface area contributed by atoms with Crippen molar-refractivity contribution < 1.29 is 18.0 Å². The Kier molecular flexibility index (Phi) is 6.37. The third kappa shape index (κ3) is 4.90. The van der Waals surface area contributed by atoms with E-state index in [0.29, 0.717) is 44.2 Å². The van der Waals surface area contributed by atoms with E-state index in [4.69, 9.17) is 0 Å². The van der Waals surface area contributed by atoms with Gasteiger partial charge in [-0.3, -0.25) is 9.69 Å². The van der Waals surface area contributed by atoms with Gasteiger partial charge < -0.3 is 9.80 Å². The molecule has 1 saturated heterocycles. The van der Waals surface area contributed by atoms with Gasteiger partial charge >= 0.3 is 6.18 Å². The van der Waals surface area contributed by atoms with Gasteiger partial charge in [0.1, 0.15) is 5.82 Å². The number of carbonyl (C=O) groups excluding carboxylic acids is 1. The second kappa shape index (κ2) is 9.49. The third-order valence-corrected chi connectivity index (χ3v) is 6.82. The summed E-state index contributed by atoms with van der Waals surface area (Å²) >= 11 is 0. The van der Waals surface area contributed by atoms with Crippen LogP contribution >= 0.6 is 0 Å². The highest BCUT2D eigenvalue weighted by Gasteiger charge is 2.34. The molecule has 1 amide bonds. The number of amides is 1. The van der Waals surface area contributed by atoms with E-state index in [1.807, 2.05) is 35.9 Å². The van der Waals surface area contributed by atoms with Crippen LogP contribution < -0.4 is 4.90 Å². The molecule has 0 bridgehead atoms. The first-order valence-corrected chi connectivity index (χ1v) is 11.9. The highest BCUT2D eigenvalue weighted by Crippen LogP contribution is 2.30. The third-order valence-electron chi connectivity index (χ3n) is 6.82. The lowest BCUT2D eigenvalue weighted by molar-refractivity contribution is -0.138. The van der Waals surface area contributed by atoms with Crippen LogP contribution in [0.1, 0.15) is 30.7 Å². The van der Waals surface area contributed by atoms with Gasteiger partial charge in [0.15, 0.2) is 5.82 Å². The van der Waals surface area contributed by atoms with Crippen LogP contribution in [0.15, 0.2) is 42.9 Å². The van der Waals surface area contributed by atoms with Crippen molar-refractivity contribution >= 4 is 11.7 Å². The van der Waals surface area contributed by atoms with E-state index in [0.717, 1.165) is 23.5 Å². The average Bonchev–Trinajstić information content (AvgIpc) is 3.30. The number of anilines is 1. The predicted molar refractivity (Wildman–Crippen MR) is 125 cm³/mol. The van der Waals surface area contributed by atoms with Crippen molar-refractivity contribution in [3.63, 3.8) is 0 Å². The zero-order valence-electron chi connectivity index (χ0n) is 20.1. The number of fused-ring (bicyclic) bond motifs is 1. The van der Waals surface area contributed by atoms with Crippen molar-refractivity contribution in [3.05, 3.63) is 59.7 Å². The van der Waals surface area contributed by atoms with Crippen molar-refractivity contribution in [1.82, 2.24) is 34.8 Å². The minimum Gasteiger partial charge on any atom is -0.354 e. The van der Waals surface area contributed by atoms with Gasteiger partial charge in [0, 0.05) is 68.8 Å². The van der Waals surface area contributed by atoms with Crippen molar-refractivity contribution in [2.24, 2.45) is 0 Å². The number of halogens is 3. The van der Waals surface area contributed by atoms with Gasteiger partial charge in [-0.2, -0.15) is 23.4 Å². The number of pyridine rings is 1. The van der Waals surface area contributed by atoms with Crippen LogP contribution in [-0.2, 0) is 23.9 Å². The van der Waals surface area contributed by atoms with E-state index in [2.05, 4.69) is 25.2 Å². The number of aromatic nitrogens is 5. The lowest BCUT2D eigenvalue weighted by atomic mass is 10.1. The van der Waals surface area contributed by atoms with Crippen molar-refractivity contribution in [3.8, 4) is 5.82 Å². The maximum Gasteiger partial charge on any atom is 0.417 e. The summed E-state index contributed by atoms with van der Waals surface area (Å²) < 4.78 is 40.3. The molecule has 2 atom stereocenters. The van der Waals surface area contributed by atoms with Gasteiger partial charge in [-0.15, -0.1) is 5.10 Å². The monoisotopic (exact) mass is 500 g/mol. The van der Waals surface area contributed by atoms with E-state index >= 15 is 0 Å². The number of hydrogen-bond acceptors (Lipinski definition) is 7. The zero-order valence-corrected chi connectivity index (χ0v) is 20.1. The molecule has 3 aromatic heterocycles. The molecule has 12 heteroatoms. The second-order valence-corrected chi connectivity index (χ2v) is 9.37. The topological polar surface area (TPSA) is 83.3 Å². The Morgan fingerprint density at radius 2 is 1.89 bits per heavy atom. The first-order valence-electron chi connectivity index (χ1n) is 11.9. The molecule has 0 saturated carbocycles. The standard InChI is InChI=1S/C24H27F3N8O/c1-16-11-33(21-6-5-19(10-28-21)24(25,26)27)12-17(2)34(16)15-23(36)32-9-7-20-18(13-32)14-35(31-20)22-4-3-8-29-30-22/h3-6,8,10,14,16-17H,7,9,11-13,15H2,1-2H3. The van der Waals surface area contributed by atoms with Gasteiger partial charge in [-0.1, -0.05) is 0 Å². The predicted octanol–water partition coefficient (Wildman–Crippen LogP) is 2.56. The van der Waals surface area contributed by atoms with Crippen LogP contribution in [0.5, 0.6) is 0 Å². The van der Waals surface area contributed by atoms with Gasteiger partial charge in [0.05, 0.1) is 17.8 Å². The Hall–Kier alpha value is -3.54. The molecule has 5 heterocycles. The zero-order chi connectivity index (χ0) is 25.4. The Bertz CT molecular complexity index is 1200. The molecule has 3 aromatic rings. The van der Waals surface area contributed by atoms with E-state index in [-0.39, 0.29) is 24.5 Å². The Morgan fingerprint density at radius 1 is 1.11 bits per heavy atom. The van der Waals surface area contributed by atoms with E-state index < -0.39 is 11.7 Å². The summed E-state index contributed by atoms with van der Waals surface area (Å²) in [7, 11) is 0. The molecule has 2 aliphatic heterocycles. The highest BCUT2D eigenvalue weighted by atomic mass is 19.4. The number of carbonyl (C=O) groups is 1. The number of rotatable bonds is 4. The quantitative estimate of drug-likeness (QED) is 0.545. The fraction of sp³-hybridized carbons (Fsp3) is 0.458. The molecule has 1 fully saturated rings. The molecular formula is C24H27F3N8O. The summed E-state index contributed by atoms with van der Waals surface area (Å²) in [5.74, 6) is 1.19. The first kappa shape index (κ1) is 24.2. The van der Waals surface area contributed by atoms with Crippen LogP contribution in [0.3, 0.4) is 0 Å². The van der Waals surface area contributed by atoms with Gasteiger partial charge in [0.2, 0.25) is 5.91 Å². The van der Waals surface area contributed by atoms with E-state index in [9.17, 15) is 18.0 Å². The molecule has 0 aliphatic carbocycles. The number of hydrogen-bond donors (Lipinski definition) is 0. The Balaban J connectivity index is 1.21. The summed E-state index contributed by atoms with van der Waals surface area (Å²) in [6, 6.07) is 6.16. The summed E-state index contributed by atoms with van der Waals surface area (Å²) in [6.45, 7) is 6.58. The molecule has 0 aromatic carbocycles. The number of piperazine rings is 1. The lowest BCUT2D eigenvalue weighted by Crippen LogP contribution is -2.59. The summed E-state index contributed by atoms with van der Waals surface area (Å²) in [5, 5.41) is 12.6. The SMILES string of the molecule is CC1CN(c2ccc(C(F)(F)F)cn2)CC(C)N1CC(=O)N1CCc2nn(-c3cccnn3)cc2C1. The summed E-state index contributed by atoms with van der Waals surface area (Å²) in [4.78, 5) is 23.3. The highest BCUT2D eigenvalue weighted by molar-refractivity contribution is 5.78. The molecule has 190 valence electrons. The Labute approximate surface area is 206 Å². The smallest absolute Gasteiger partial charge is 0.354 e. The van der Waals surface area contributed by atoms with Crippen LogP contribution in [-0.4, -0.2) is 78.9 Å². The molecule has 0 spiro atoms. The average molecular weight is 501 g/mol. The second-order valence-electron chi connectivity index (χ2n) is 9.37. The van der Waals surface area contributed by atoms with Crippen molar-refractivity contribution in [2.45, 2.75) is 45.1 Å². The molecule has 2 unspecified atom stereocenters. The maximum atomic E-state index is 13.2. The molecule has 0 radical (unpaired) electrons. The minimum absolute atomic E-state index is 0.0292. The maximum absolute atomic E-state index is 13.2. The van der Waals surface area contributed by atoms with Crippen molar-refractivity contribution in [2.75, 3.05) is 31.1 Å². The summed E-state index contributed by atoms with van der Waals surface area (Å²) in [5.41, 5.74) is 1.20. The molecule has 36 heavy (non-hydrogen) atoms. The number of alkyl halides is 3. The van der Waals surface area contributed by atoms with E-state index in [1.54, 1.807) is 16.9 Å². The normalized spacial score (nSPS) is 20.9. The van der Waals surface area contributed by atoms with E-state index in [1.165, 1.54) is 6.07 Å². The van der Waals surface area contributed by atoms with Crippen LogP contribution in [0.4, 0.5) is 19.0 Å². The fourth-order valence-electron chi connectivity index (χ4n) is 4.91. The van der Waals surface area contributed by atoms with Gasteiger partial charge in [-0.25, -0.2) is 9.67 Å². The van der Waals surface area contributed by atoms with Crippen LogP contribution in [0, 0.1) is 0 Å². The van der Waals surface area contributed by atoms with Crippen molar-refractivity contribution in [1.29, 1.82) is 0 Å². The largest absolute Gasteiger partial charge is 0.417 e. The molecular weight excluding hydrogens is 473 g/mol. The first-order chi connectivity index (χ1) is 17.2. The fourth-order valence-corrected chi connectivity index (χ4v) is 4.91. The molecule has 5 rings (SSSR count). The van der Waals surface area contributed by atoms with Gasteiger partial charge in [-0.05, 0) is 38.1 Å². The van der Waals surface area contributed by atoms with Gasteiger partial charge in [0.25, 0.3) is 0 Å². The van der Waals surface area contributed by atoms with Crippen LogP contribution in [0.2, 0.25) is 0 Å². The van der Waals surface area contributed by atoms with Crippen LogP contribution in [0.25, 0.3) is 5.82 Å². The Morgan fingerprint density at radius 3 is 2.53 bits per heavy atom. The molecule has 9 nitrogen and oxygen atoms in total. The molecule has 2 aliphatic rings. The lowest BCUT2D eigenvalue weighted by Gasteiger charge is -2.45.